The van der Waals surface area contributed by atoms with Gasteiger partial charge in [0, 0.05) is 16.3 Å². The zero-order chi connectivity index (χ0) is 9.23. The molecule has 0 aliphatic heterocycles. The van der Waals surface area contributed by atoms with E-state index in [0.717, 1.165) is 0 Å². The topological polar surface area (TPSA) is 35.5 Å². The van der Waals surface area contributed by atoms with E-state index in [2.05, 4.69) is 0 Å². The van der Waals surface area contributed by atoms with E-state index >= 15 is 0 Å². The first-order valence-corrected chi connectivity index (χ1v) is 5.82. The lowest BCUT2D eigenvalue weighted by Gasteiger charge is -1.88. The van der Waals surface area contributed by atoms with Crippen LogP contribution in [0.1, 0.15) is 12.8 Å². The molecule has 0 atom stereocenters. The van der Waals surface area contributed by atoms with Crippen LogP contribution >= 0.6 is 31.5 Å². The fourth-order valence-corrected chi connectivity index (χ4v) is 1.27. The first-order valence-electron chi connectivity index (χ1n) is 3.66. The van der Waals surface area contributed by atoms with Gasteiger partial charge in [-0.1, -0.05) is 0 Å². The Kier molecular flexibility index (Phi) is 10.2. The zero-order valence-corrected chi connectivity index (χ0v) is 9.08. The van der Waals surface area contributed by atoms with E-state index in [1.165, 1.54) is 0 Å². The molecule has 0 aromatic carbocycles. The second-order valence-electron chi connectivity index (χ2n) is 1.98. The minimum Gasteiger partial charge on any atom is -0.127 e. The summed E-state index contributed by atoms with van der Waals surface area (Å²) in [6, 6.07) is 0. The van der Waals surface area contributed by atoms with Gasteiger partial charge in [-0.25, -0.2) is 0 Å². The lowest BCUT2D eigenvalue weighted by Crippen LogP contribution is -1.92. The second kappa shape index (κ2) is 9.69. The van der Waals surface area contributed by atoms with E-state index in [4.69, 9.17) is 32.2 Å². The summed E-state index contributed by atoms with van der Waals surface area (Å²) in [5.74, 6) is 1.01. The highest BCUT2D eigenvalue weighted by Crippen LogP contribution is 2.23. The van der Waals surface area contributed by atoms with Crippen molar-refractivity contribution >= 4 is 31.5 Å². The van der Waals surface area contributed by atoms with Crippen molar-refractivity contribution in [1.29, 1.82) is 0 Å². The quantitative estimate of drug-likeness (QED) is 0.368. The van der Waals surface area contributed by atoms with Gasteiger partial charge in [0.25, 0.3) is 0 Å². The number of halogens is 2. The van der Waals surface area contributed by atoms with Gasteiger partial charge in [-0.15, -0.1) is 32.2 Å². The average molecular weight is 234 g/mol. The van der Waals surface area contributed by atoms with Crippen LogP contribution in [0.4, 0.5) is 0 Å². The van der Waals surface area contributed by atoms with Crippen LogP contribution in [0.2, 0.25) is 0 Å². The molecule has 3 nitrogen and oxygen atoms in total. The summed E-state index contributed by atoms with van der Waals surface area (Å²) in [6.07, 6.45) is 1.36. The highest BCUT2D eigenvalue weighted by molar-refractivity contribution is 7.33. The summed E-state index contributed by atoms with van der Waals surface area (Å²) < 4.78 is 20.4. The van der Waals surface area contributed by atoms with Gasteiger partial charge in [-0.2, -0.15) is 0 Å². The van der Waals surface area contributed by atoms with Crippen molar-refractivity contribution in [1.82, 2.24) is 0 Å². The Morgan fingerprint density at radius 1 is 1.00 bits per heavy atom. The molecule has 0 saturated heterocycles. The molecule has 0 bridgehead atoms. The normalized spacial score (nSPS) is 10.2. The van der Waals surface area contributed by atoms with Gasteiger partial charge in [-0.05, 0) is 12.8 Å². The van der Waals surface area contributed by atoms with Crippen LogP contribution in [0.25, 0.3) is 0 Å². The monoisotopic (exact) mass is 233 g/mol. The Balaban J connectivity index is 3.10. The summed E-state index contributed by atoms with van der Waals surface area (Å²) in [5.41, 5.74) is 0. The molecular formula is C6H12Cl2O3P+. The molecule has 0 radical (unpaired) electrons. The van der Waals surface area contributed by atoms with Gasteiger partial charge in [0.15, 0.2) is 0 Å². The molecule has 0 heterocycles. The van der Waals surface area contributed by atoms with E-state index in [1.54, 1.807) is 0 Å². The van der Waals surface area contributed by atoms with Crippen LogP contribution in [0.5, 0.6) is 0 Å². The van der Waals surface area contributed by atoms with Gasteiger partial charge in [0.2, 0.25) is 0 Å². The number of rotatable bonds is 8. The van der Waals surface area contributed by atoms with Crippen molar-refractivity contribution in [3.63, 3.8) is 0 Å². The van der Waals surface area contributed by atoms with Crippen molar-refractivity contribution < 1.29 is 13.6 Å². The molecule has 0 rings (SSSR count). The van der Waals surface area contributed by atoms with E-state index in [-0.39, 0.29) is 0 Å². The Hall–Kier alpha value is 0.600. The zero-order valence-electron chi connectivity index (χ0n) is 6.67. The van der Waals surface area contributed by atoms with E-state index in [0.29, 0.717) is 37.8 Å². The van der Waals surface area contributed by atoms with Crippen LogP contribution in [0.3, 0.4) is 0 Å². The second-order valence-corrected chi connectivity index (χ2v) is 3.69. The Morgan fingerprint density at radius 3 is 1.75 bits per heavy atom. The molecule has 12 heavy (non-hydrogen) atoms. The molecule has 0 spiro atoms. The highest BCUT2D eigenvalue weighted by atomic mass is 35.5. The molecule has 0 amide bonds. The molecular weight excluding hydrogens is 222 g/mol. The van der Waals surface area contributed by atoms with Gasteiger partial charge in [0.05, 0.1) is 0 Å². The van der Waals surface area contributed by atoms with Gasteiger partial charge in [-0.3, -0.25) is 0 Å². The van der Waals surface area contributed by atoms with Crippen molar-refractivity contribution in [2.75, 3.05) is 25.0 Å². The Labute approximate surface area is 83.3 Å². The molecule has 0 aliphatic rings. The van der Waals surface area contributed by atoms with Crippen LogP contribution in [-0.4, -0.2) is 25.0 Å². The van der Waals surface area contributed by atoms with Gasteiger partial charge in [0.1, 0.15) is 13.2 Å². The predicted octanol–water partition coefficient (Wildman–Crippen LogP) is 2.93. The first-order chi connectivity index (χ1) is 5.81. The Morgan fingerprint density at radius 2 is 1.42 bits per heavy atom. The number of alkyl halides is 2. The summed E-state index contributed by atoms with van der Waals surface area (Å²) in [6.45, 7) is 0.749. The summed E-state index contributed by atoms with van der Waals surface area (Å²) in [4.78, 5) is 0. The molecule has 0 unspecified atom stereocenters. The van der Waals surface area contributed by atoms with E-state index in [9.17, 15) is 4.57 Å². The third kappa shape index (κ3) is 8.69. The van der Waals surface area contributed by atoms with E-state index < -0.39 is 8.25 Å². The fourth-order valence-electron chi connectivity index (χ4n) is 0.425. The van der Waals surface area contributed by atoms with Gasteiger partial charge >= 0.3 is 8.25 Å². The molecule has 0 fully saturated rings. The maximum atomic E-state index is 10.8. The average Bonchev–Trinajstić information content (AvgIpc) is 2.06. The molecule has 6 heteroatoms. The number of hydrogen-bond acceptors (Lipinski definition) is 3. The van der Waals surface area contributed by atoms with Crippen LogP contribution in [0.15, 0.2) is 0 Å². The first kappa shape index (κ1) is 12.6. The summed E-state index contributed by atoms with van der Waals surface area (Å²) in [5, 5.41) is 0. The van der Waals surface area contributed by atoms with Crippen molar-refractivity contribution in [3.8, 4) is 0 Å². The number of hydrogen-bond donors (Lipinski definition) is 0. The smallest absolute Gasteiger partial charge is 0.127 e. The SMILES string of the molecule is O=[P+](OCCCCl)OCCCCl. The lowest BCUT2D eigenvalue weighted by atomic mass is 10.5. The summed E-state index contributed by atoms with van der Waals surface area (Å²) >= 11 is 10.8. The van der Waals surface area contributed by atoms with Crippen molar-refractivity contribution in [2.24, 2.45) is 0 Å². The molecule has 0 N–H and O–H groups in total. The van der Waals surface area contributed by atoms with Crippen molar-refractivity contribution in [2.45, 2.75) is 12.8 Å². The lowest BCUT2D eigenvalue weighted by molar-refractivity contribution is 0.227. The largest absolute Gasteiger partial charge is 0.697 e. The van der Waals surface area contributed by atoms with Crippen LogP contribution in [0, 0.1) is 0 Å². The van der Waals surface area contributed by atoms with E-state index in [1.807, 2.05) is 0 Å². The standard InChI is InChI=1S/C6H12Cl2O3P/c7-3-1-5-10-12(9)11-6-2-4-8/h1-6H2/q+1. The van der Waals surface area contributed by atoms with Crippen LogP contribution in [-0.2, 0) is 13.6 Å². The molecule has 0 aromatic heterocycles. The fraction of sp³-hybridized carbons (Fsp3) is 1.00. The maximum Gasteiger partial charge on any atom is 0.697 e. The maximum absolute atomic E-state index is 10.8. The predicted molar refractivity (Wildman–Crippen MR) is 50.2 cm³/mol. The van der Waals surface area contributed by atoms with Gasteiger partial charge < -0.3 is 0 Å². The van der Waals surface area contributed by atoms with Crippen molar-refractivity contribution in [3.05, 3.63) is 0 Å². The minimum atomic E-state index is -1.97. The minimum absolute atomic E-state index is 0.375. The molecule has 0 aliphatic carbocycles. The summed E-state index contributed by atoms with van der Waals surface area (Å²) in [7, 11) is -1.97. The molecule has 0 saturated carbocycles. The highest BCUT2D eigenvalue weighted by Gasteiger charge is 2.18. The third-order valence-corrected chi connectivity index (χ3v) is 2.27. The molecule has 72 valence electrons. The van der Waals surface area contributed by atoms with Crippen LogP contribution < -0.4 is 0 Å². The Bertz CT molecular complexity index is 111. The third-order valence-electron chi connectivity index (χ3n) is 0.949. The molecule has 0 aromatic rings.